The number of pyridine rings is 1. The monoisotopic (exact) mass is 246 g/mol. The lowest BCUT2D eigenvalue weighted by molar-refractivity contribution is 0.0602. The minimum absolute atomic E-state index is 0.289. The molecule has 0 saturated carbocycles. The van der Waals surface area contributed by atoms with Gasteiger partial charge in [0.05, 0.1) is 18.4 Å². The molecule has 0 saturated heterocycles. The molecule has 94 valence electrons. The van der Waals surface area contributed by atoms with Gasteiger partial charge in [0, 0.05) is 25.0 Å². The van der Waals surface area contributed by atoms with Gasteiger partial charge in [-0.25, -0.2) is 14.8 Å². The zero-order valence-electron chi connectivity index (χ0n) is 10.3. The highest BCUT2D eigenvalue weighted by molar-refractivity contribution is 5.96. The van der Waals surface area contributed by atoms with Crippen LogP contribution < -0.4 is 5.73 Å². The minimum Gasteiger partial charge on any atom is -0.465 e. The fourth-order valence-corrected chi connectivity index (χ4v) is 1.73. The number of nitrogens with zero attached hydrogens (tertiary/aromatic N) is 3. The van der Waals surface area contributed by atoms with Gasteiger partial charge in [0.15, 0.2) is 5.82 Å². The molecule has 6 heteroatoms. The first-order valence-corrected chi connectivity index (χ1v) is 5.54. The number of aryl methyl sites for hydroxylation is 1. The molecule has 0 fully saturated rings. The van der Waals surface area contributed by atoms with Crippen molar-refractivity contribution in [2.75, 3.05) is 12.8 Å². The molecule has 0 atom stereocenters. The Hall–Kier alpha value is -2.37. The molecule has 2 aromatic heterocycles. The summed E-state index contributed by atoms with van der Waals surface area (Å²) in [6.45, 7) is 1.99. The molecule has 0 aromatic carbocycles. The Morgan fingerprint density at radius 2 is 2.22 bits per heavy atom. The second-order valence-electron chi connectivity index (χ2n) is 3.65. The van der Waals surface area contributed by atoms with Crippen molar-refractivity contribution in [3.05, 3.63) is 36.0 Å². The van der Waals surface area contributed by atoms with E-state index in [1.165, 1.54) is 19.4 Å². The Labute approximate surface area is 104 Å². The van der Waals surface area contributed by atoms with Crippen LogP contribution in [0.1, 0.15) is 23.1 Å². The quantitative estimate of drug-likeness (QED) is 0.823. The van der Waals surface area contributed by atoms with E-state index in [1.807, 2.05) is 6.92 Å². The van der Waals surface area contributed by atoms with Crippen LogP contribution in [0.4, 0.5) is 5.69 Å². The van der Waals surface area contributed by atoms with Gasteiger partial charge in [-0.2, -0.15) is 0 Å². The van der Waals surface area contributed by atoms with Crippen molar-refractivity contribution in [2.45, 2.75) is 13.3 Å². The van der Waals surface area contributed by atoms with Crippen LogP contribution in [0.25, 0.3) is 5.82 Å². The standard InChI is InChI=1S/C12H14N4O2/c1-3-9-14-6-7-16(9)11-10(13)8(4-5-15-11)12(17)18-2/h4-7H,3,13H2,1-2H3. The maximum atomic E-state index is 11.6. The largest absolute Gasteiger partial charge is 0.465 e. The van der Waals surface area contributed by atoms with Crippen molar-refractivity contribution in [2.24, 2.45) is 0 Å². The summed E-state index contributed by atoms with van der Waals surface area (Å²) in [4.78, 5) is 20.0. The fraction of sp³-hybridized carbons (Fsp3) is 0.250. The number of carbonyl (C=O) groups excluding carboxylic acids is 1. The molecule has 2 aromatic rings. The molecule has 0 radical (unpaired) electrons. The predicted octanol–water partition coefficient (Wildman–Crippen LogP) is 1.20. The summed E-state index contributed by atoms with van der Waals surface area (Å²) in [6, 6.07) is 1.53. The lowest BCUT2D eigenvalue weighted by Crippen LogP contribution is -2.11. The average Bonchev–Trinajstić information content (AvgIpc) is 2.86. The van der Waals surface area contributed by atoms with Crippen LogP contribution in [-0.4, -0.2) is 27.6 Å². The molecule has 0 bridgehead atoms. The smallest absolute Gasteiger partial charge is 0.340 e. The van der Waals surface area contributed by atoms with Gasteiger partial charge in [-0.3, -0.25) is 4.57 Å². The molecule has 0 aliphatic rings. The second kappa shape index (κ2) is 4.87. The van der Waals surface area contributed by atoms with Crippen LogP contribution in [-0.2, 0) is 11.2 Å². The summed E-state index contributed by atoms with van der Waals surface area (Å²) in [6.07, 6.45) is 5.71. The van der Waals surface area contributed by atoms with E-state index < -0.39 is 5.97 Å². The van der Waals surface area contributed by atoms with Gasteiger partial charge in [0.1, 0.15) is 5.82 Å². The molecule has 0 spiro atoms. The second-order valence-corrected chi connectivity index (χ2v) is 3.65. The molecule has 6 nitrogen and oxygen atoms in total. The number of hydrogen-bond acceptors (Lipinski definition) is 5. The van der Waals surface area contributed by atoms with E-state index in [0.717, 1.165) is 12.2 Å². The number of imidazole rings is 1. The van der Waals surface area contributed by atoms with Crippen molar-refractivity contribution < 1.29 is 9.53 Å². The lowest BCUT2D eigenvalue weighted by Gasteiger charge is -2.10. The van der Waals surface area contributed by atoms with Crippen LogP contribution in [0.3, 0.4) is 0 Å². The molecule has 2 N–H and O–H groups in total. The highest BCUT2D eigenvalue weighted by Gasteiger charge is 2.16. The van der Waals surface area contributed by atoms with Gasteiger partial charge < -0.3 is 10.5 Å². The Morgan fingerprint density at radius 3 is 2.89 bits per heavy atom. The minimum atomic E-state index is -0.477. The van der Waals surface area contributed by atoms with E-state index in [-0.39, 0.29) is 5.69 Å². The number of rotatable bonds is 3. The zero-order valence-corrected chi connectivity index (χ0v) is 10.3. The van der Waals surface area contributed by atoms with Gasteiger partial charge in [-0.15, -0.1) is 0 Å². The van der Waals surface area contributed by atoms with Crippen LogP contribution in [0.2, 0.25) is 0 Å². The third kappa shape index (κ3) is 1.92. The van der Waals surface area contributed by atoms with E-state index >= 15 is 0 Å². The summed E-state index contributed by atoms with van der Waals surface area (Å²) >= 11 is 0. The number of carbonyl (C=O) groups is 1. The number of nitrogen functional groups attached to an aromatic ring is 1. The van der Waals surface area contributed by atoms with Crippen molar-refractivity contribution in [3.63, 3.8) is 0 Å². The van der Waals surface area contributed by atoms with E-state index in [0.29, 0.717) is 11.4 Å². The lowest BCUT2D eigenvalue weighted by atomic mass is 10.2. The topological polar surface area (TPSA) is 83.0 Å². The fourth-order valence-electron chi connectivity index (χ4n) is 1.73. The first-order chi connectivity index (χ1) is 8.69. The van der Waals surface area contributed by atoms with Crippen LogP contribution in [0.15, 0.2) is 24.7 Å². The summed E-state index contributed by atoms with van der Waals surface area (Å²) in [7, 11) is 1.32. The molecule has 18 heavy (non-hydrogen) atoms. The summed E-state index contributed by atoms with van der Waals surface area (Å²) in [5.74, 6) is 0.845. The molecule has 2 rings (SSSR count). The molecule has 0 aliphatic heterocycles. The van der Waals surface area contributed by atoms with Gasteiger partial charge in [0.2, 0.25) is 0 Å². The van der Waals surface area contributed by atoms with Crippen molar-refractivity contribution in [3.8, 4) is 5.82 Å². The third-order valence-electron chi connectivity index (χ3n) is 2.64. The molecular formula is C12H14N4O2. The normalized spacial score (nSPS) is 10.3. The summed E-state index contributed by atoms with van der Waals surface area (Å²) in [5.41, 5.74) is 6.56. The first kappa shape index (κ1) is 12.1. The molecular weight excluding hydrogens is 232 g/mol. The molecule has 0 unspecified atom stereocenters. The van der Waals surface area contributed by atoms with Crippen LogP contribution in [0, 0.1) is 0 Å². The van der Waals surface area contributed by atoms with E-state index in [4.69, 9.17) is 5.73 Å². The van der Waals surface area contributed by atoms with Crippen LogP contribution in [0.5, 0.6) is 0 Å². The van der Waals surface area contributed by atoms with Gasteiger partial charge in [-0.1, -0.05) is 6.92 Å². The zero-order chi connectivity index (χ0) is 13.1. The SMILES string of the molecule is CCc1nccn1-c1nccc(C(=O)OC)c1N. The Morgan fingerprint density at radius 1 is 1.44 bits per heavy atom. The third-order valence-corrected chi connectivity index (χ3v) is 2.64. The maximum Gasteiger partial charge on any atom is 0.340 e. The number of esters is 1. The van der Waals surface area contributed by atoms with Crippen LogP contribution >= 0.6 is 0 Å². The number of nitrogens with two attached hydrogens (primary N) is 1. The maximum absolute atomic E-state index is 11.6. The summed E-state index contributed by atoms with van der Waals surface area (Å²) in [5, 5.41) is 0. The highest BCUT2D eigenvalue weighted by atomic mass is 16.5. The number of hydrogen-bond donors (Lipinski definition) is 1. The number of aromatic nitrogens is 3. The van der Waals surface area contributed by atoms with E-state index in [9.17, 15) is 4.79 Å². The number of methoxy groups -OCH3 is 1. The predicted molar refractivity (Wildman–Crippen MR) is 66.5 cm³/mol. The average molecular weight is 246 g/mol. The molecule has 0 aliphatic carbocycles. The van der Waals surface area contributed by atoms with Gasteiger partial charge in [0.25, 0.3) is 0 Å². The van der Waals surface area contributed by atoms with Crippen molar-refractivity contribution in [1.82, 2.24) is 14.5 Å². The number of ether oxygens (including phenoxy) is 1. The van der Waals surface area contributed by atoms with Gasteiger partial charge in [-0.05, 0) is 6.07 Å². The molecule has 2 heterocycles. The Balaban J connectivity index is 2.56. The van der Waals surface area contributed by atoms with Gasteiger partial charge >= 0.3 is 5.97 Å². The van der Waals surface area contributed by atoms with E-state index in [1.54, 1.807) is 17.0 Å². The summed E-state index contributed by atoms with van der Waals surface area (Å²) < 4.78 is 6.44. The Kier molecular flexibility index (Phi) is 3.27. The van der Waals surface area contributed by atoms with Crippen molar-refractivity contribution in [1.29, 1.82) is 0 Å². The number of anilines is 1. The first-order valence-electron chi connectivity index (χ1n) is 5.54. The molecule has 0 amide bonds. The highest BCUT2D eigenvalue weighted by Crippen LogP contribution is 2.21. The van der Waals surface area contributed by atoms with E-state index in [2.05, 4.69) is 14.7 Å². The van der Waals surface area contributed by atoms with Crippen molar-refractivity contribution >= 4 is 11.7 Å². The Bertz CT molecular complexity index is 577.